The monoisotopic (exact) mass is 365 g/mol. The lowest BCUT2D eigenvalue weighted by Gasteiger charge is -2.05. The molecule has 0 saturated carbocycles. The predicted octanol–water partition coefficient (Wildman–Crippen LogP) is 3.17. The van der Waals surface area contributed by atoms with Crippen LogP contribution in [0.1, 0.15) is 6.92 Å². The van der Waals surface area contributed by atoms with Crippen molar-refractivity contribution in [3.8, 4) is 0 Å². The van der Waals surface area contributed by atoms with E-state index in [1.54, 1.807) is 0 Å². The van der Waals surface area contributed by atoms with E-state index >= 15 is 0 Å². The molecule has 0 radical (unpaired) electrons. The van der Waals surface area contributed by atoms with Crippen LogP contribution in [0.15, 0.2) is 18.2 Å². The first-order valence-corrected chi connectivity index (χ1v) is 5.62. The van der Waals surface area contributed by atoms with Crippen molar-refractivity contribution in [2.75, 3.05) is 5.32 Å². The standard InChI is InChI=1S/C8H7F2NO.C4F6O2/c1-5(12)11-8-6(9)3-2-4-7(8)10;5-3(6,7)1(11)2(12)4(8,9)10/h2-4H,1H3,(H,11,12);. The van der Waals surface area contributed by atoms with Gasteiger partial charge in [0, 0.05) is 6.92 Å². The molecule has 0 aliphatic rings. The molecule has 4 nitrogen and oxygen atoms in total. The highest BCUT2D eigenvalue weighted by Crippen LogP contribution is 2.24. The fourth-order valence-corrected chi connectivity index (χ4v) is 1.05. The van der Waals surface area contributed by atoms with Gasteiger partial charge < -0.3 is 5.32 Å². The van der Waals surface area contributed by atoms with Crippen LogP contribution < -0.4 is 5.32 Å². The number of halogens is 8. The van der Waals surface area contributed by atoms with Crippen molar-refractivity contribution in [1.29, 1.82) is 0 Å². The molecule has 0 atom stereocenters. The number of anilines is 1. The van der Waals surface area contributed by atoms with Gasteiger partial charge in [-0.3, -0.25) is 14.4 Å². The summed E-state index contributed by atoms with van der Waals surface area (Å²) in [5.74, 6) is -8.86. The van der Waals surface area contributed by atoms with Crippen molar-refractivity contribution in [3.05, 3.63) is 29.8 Å². The number of rotatable bonds is 2. The zero-order valence-corrected chi connectivity index (χ0v) is 11.5. The fraction of sp³-hybridized carbons (Fsp3) is 0.250. The normalized spacial score (nSPS) is 11.2. The number of amides is 1. The number of carbonyl (C=O) groups is 3. The number of nitrogens with one attached hydrogen (secondary N) is 1. The van der Waals surface area contributed by atoms with E-state index in [0.717, 1.165) is 12.1 Å². The molecule has 0 spiro atoms. The molecule has 0 aliphatic carbocycles. The molecule has 1 N–H and O–H groups in total. The van der Waals surface area contributed by atoms with E-state index in [-0.39, 0.29) is 0 Å². The molecule has 0 saturated heterocycles. The molecule has 12 heteroatoms. The molecule has 1 aromatic rings. The molecule has 1 amide bonds. The Balaban J connectivity index is 0.000000441. The summed E-state index contributed by atoms with van der Waals surface area (Å²) >= 11 is 0. The number of para-hydroxylation sites is 1. The Labute approximate surface area is 128 Å². The van der Waals surface area contributed by atoms with E-state index in [2.05, 4.69) is 5.32 Å². The van der Waals surface area contributed by atoms with Crippen molar-refractivity contribution in [1.82, 2.24) is 0 Å². The molecular formula is C12H7F8NO3. The smallest absolute Gasteiger partial charge is 0.321 e. The van der Waals surface area contributed by atoms with Crippen LogP contribution in [-0.4, -0.2) is 29.8 Å². The lowest BCUT2D eigenvalue weighted by atomic mass is 10.2. The van der Waals surface area contributed by atoms with Gasteiger partial charge in [-0.25, -0.2) is 8.78 Å². The fourth-order valence-electron chi connectivity index (χ4n) is 1.05. The molecule has 1 rings (SSSR count). The second kappa shape index (κ2) is 7.84. The maximum atomic E-state index is 12.8. The molecule has 0 aromatic heterocycles. The van der Waals surface area contributed by atoms with Crippen molar-refractivity contribution < 1.29 is 49.5 Å². The van der Waals surface area contributed by atoms with Gasteiger partial charge in [-0.1, -0.05) is 6.07 Å². The number of alkyl halides is 6. The minimum absolute atomic E-state index is 0.398. The van der Waals surface area contributed by atoms with Gasteiger partial charge in [0.15, 0.2) is 0 Å². The molecule has 134 valence electrons. The van der Waals surface area contributed by atoms with Gasteiger partial charge in [0.05, 0.1) is 0 Å². The molecule has 0 aliphatic heterocycles. The topological polar surface area (TPSA) is 63.2 Å². The summed E-state index contributed by atoms with van der Waals surface area (Å²) in [4.78, 5) is 29.7. The van der Waals surface area contributed by atoms with E-state index in [0.29, 0.717) is 0 Å². The molecular weight excluding hydrogens is 358 g/mol. The molecule has 0 heterocycles. The van der Waals surface area contributed by atoms with Crippen LogP contribution >= 0.6 is 0 Å². The van der Waals surface area contributed by atoms with Crippen molar-refractivity contribution in [2.24, 2.45) is 0 Å². The molecule has 24 heavy (non-hydrogen) atoms. The Kier molecular flexibility index (Phi) is 7.01. The molecule has 1 aromatic carbocycles. The summed E-state index contributed by atoms with van der Waals surface area (Å²) in [6, 6.07) is 3.39. The lowest BCUT2D eigenvalue weighted by Crippen LogP contribution is -2.39. The number of hydrogen-bond acceptors (Lipinski definition) is 3. The zero-order chi connectivity index (χ0) is 19.3. The van der Waals surface area contributed by atoms with Crippen LogP contribution in [0.5, 0.6) is 0 Å². The first-order chi connectivity index (χ1) is 10.7. The number of ketones is 2. The quantitative estimate of drug-likeness (QED) is 0.647. The van der Waals surface area contributed by atoms with Crippen LogP contribution in [0.25, 0.3) is 0 Å². The summed E-state index contributed by atoms with van der Waals surface area (Å²) < 4.78 is 92.5. The van der Waals surface area contributed by atoms with Crippen molar-refractivity contribution in [3.63, 3.8) is 0 Å². The second-order valence-electron chi connectivity index (χ2n) is 3.93. The van der Waals surface area contributed by atoms with E-state index < -0.39 is 47.1 Å². The average molecular weight is 365 g/mol. The average Bonchev–Trinajstić information content (AvgIpc) is 2.40. The van der Waals surface area contributed by atoms with Gasteiger partial charge in [-0.2, -0.15) is 26.3 Å². The molecule has 0 bridgehead atoms. The lowest BCUT2D eigenvalue weighted by molar-refractivity contribution is -0.193. The second-order valence-corrected chi connectivity index (χ2v) is 3.93. The first kappa shape index (κ1) is 21.5. The minimum Gasteiger partial charge on any atom is -0.321 e. The third kappa shape index (κ3) is 6.71. The van der Waals surface area contributed by atoms with E-state index in [4.69, 9.17) is 0 Å². The highest BCUT2D eigenvalue weighted by atomic mass is 19.4. The summed E-state index contributed by atoms with van der Waals surface area (Å²) in [7, 11) is 0. The van der Waals surface area contributed by atoms with Gasteiger partial charge in [-0.15, -0.1) is 0 Å². The van der Waals surface area contributed by atoms with Crippen LogP contribution in [0, 0.1) is 11.6 Å². The number of benzene rings is 1. The van der Waals surface area contributed by atoms with Gasteiger partial charge >= 0.3 is 23.9 Å². The van der Waals surface area contributed by atoms with Crippen LogP contribution in [0.3, 0.4) is 0 Å². The Morgan fingerprint density at radius 1 is 0.833 bits per heavy atom. The molecule has 0 unspecified atom stereocenters. The number of hydrogen-bond donors (Lipinski definition) is 1. The predicted molar refractivity (Wildman–Crippen MR) is 62.8 cm³/mol. The highest BCUT2D eigenvalue weighted by Gasteiger charge is 2.54. The summed E-state index contributed by atoms with van der Waals surface area (Å²) in [6.45, 7) is 1.19. The van der Waals surface area contributed by atoms with Gasteiger partial charge in [0.25, 0.3) is 0 Å². The maximum Gasteiger partial charge on any atom is 0.458 e. The summed E-state index contributed by atoms with van der Waals surface area (Å²) in [5.41, 5.74) is -0.398. The zero-order valence-electron chi connectivity index (χ0n) is 11.5. The maximum absolute atomic E-state index is 12.8. The van der Waals surface area contributed by atoms with Crippen LogP contribution in [0.4, 0.5) is 40.8 Å². The summed E-state index contributed by atoms with van der Waals surface area (Å²) in [5, 5.41) is 2.05. The first-order valence-electron chi connectivity index (χ1n) is 5.62. The SMILES string of the molecule is CC(=O)Nc1c(F)cccc1F.O=C(C(=O)C(F)(F)F)C(F)(F)F. The van der Waals surface area contributed by atoms with Crippen molar-refractivity contribution in [2.45, 2.75) is 19.3 Å². The highest BCUT2D eigenvalue weighted by molar-refractivity contribution is 6.41. The van der Waals surface area contributed by atoms with Gasteiger partial charge in [-0.05, 0) is 12.1 Å². The molecule has 0 fully saturated rings. The van der Waals surface area contributed by atoms with E-state index in [9.17, 15) is 49.5 Å². The van der Waals surface area contributed by atoms with Gasteiger partial charge in [0.2, 0.25) is 5.91 Å². The Bertz CT molecular complexity index is 592. The minimum atomic E-state index is -5.77. The third-order valence-electron chi connectivity index (χ3n) is 1.98. The van der Waals surface area contributed by atoms with E-state index in [1.165, 1.54) is 13.0 Å². The Hall–Kier alpha value is -2.53. The summed E-state index contributed by atoms with van der Waals surface area (Å²) in [6.07, 6.45) is -11.5. The Morgan fingerprint density at radius 2 is 1.17 bits per heavy atom. The third-order valence-corrected chi connectivity index (χ3v) is 1.98. The van der Waals surface area contributed by atoms with Crippen LogP contribution in [0.2, 0.25) is 0 Å². The van der Waals surface area contributed by atoms with Crippen molar-refractivity contribution >= 4 is 23.2 Å². The number of carbonyl (C=O) groups excluding carboxylic acids is 3. The number of Topliss-reactive ketones (excluding diaryl/α,β-unsaturated/α-hetero) is 2. The van der Waals surface area contributed by atoms with Crippen LogP contribution in [-0.2, 0) is 14.4 Å². The Morgan fingerprint density at radius 3 is 1.42 bits per heavy atom. The van der Waals surface area contributed by atoms with Gasteiger partial charge in [0.1, 0.15) is 17.3 Å². The van der Waals surface area contributed by atoms with E-state index in [1.807, 2.05) is 0 Å². The largest absolute Gasteiger partial charge is 0.458 e.